The molecule has 2 rings (SSSR count). The van der Waals surface area contributed by atoms with Crippen molar-refractivity contribution in [1.29, 1.82) is 5.26 Å². The molecule has 2 aromatic rings. The Morgan fingerprint density at radius 3 is 2.14 bits per heavy atom. The Hall–Kier alpha value is -3.00. The van der Waals surface area contributed by atoms with E-state index in [0.717, 1.165) is 5.75 Å². The molecular formula is C17H16N2O3. The minimum atomic E-state index is -0.326. The van der Waals surface area contributed by atoms with Gasteiger partial charge in [-0.25, -0.2) is 0 Å². The molecule has 0 atom stereocenters. The van der Waals surface area contributed by atoms with E-state index in [4.69, 9.17) is 14.7 Å². The minimum Gasteiger partial charge on any atom is -0.490 e. The van der Waals surface area contributed by atoms with E-state index in [0.29, 0.717) is 24.7 Å². The average Bonchev–Trinajstić information content (AvgIpc) is 2.54. The molecule has 0 aliphatic rings. The standard InChI is InChI=1S/C17H16N2O3/c18-11-10-17(20)19-14-6-8-16(9-7-14)22-13-12-21-15-4-2-1-3-5-15/h1-9H,10,12-13H2,(H,19,20). The van der Waals surface area contributed by atoms with Crippen molar-refractivity contribution >= 4 is 11.6 Å². The molecule has 0 aliphatic heterocycles. The summed E-state index contributed by atoms with van der Waals surface area (Å²) in [6.07, 6.45) is -0.158. The number of rotatable bonds is 7. The highest BCUT2D eigenvalue weighted by Crippen LogP contribution is 2.16. The highest BCUT2D eigenvalue weighted by atomic mass is 16.5. The van der Waals surface area contributed by atoms with Crippen molar-refractivity contribution in [3.63, 3.8) is 0 Å². The third-order valence-electron chi connectivity index (χ3n) is 2.74. The number of anilines is 1. The molecular weight excluding hydrogens is 280 g/mol. The molecule has 0 saturated carbocycles. The lowest BCUT2D eigenvalue weighted by molar-refractivity contribution is -0.115. The predicted molar refractivity (Wildman–Crippen MR) is 82.7 cm³/mol. The van der Waals surface area contributed by atoms with Crippen LogP contribution in [0.3, 0.4) is 0 Å². The highest BCUT2D eigenvalue weighted by Gasteiger charge is 2.01. The van der Waals surface area contributed by atoms with Gasteiger partial charge in [-0.3, -0.25) is 4.79 Å². The second-order valence-corrected chi connectivity index (χ2v) is 4.42. The normalized spacial score (nSPS) is 9.59. The van der Waals surface area contributed by atoms with Crippen LogP contribution in [0.15, 0.2) is 54.6 Å². The van der Waals surface area contributed by atoms with E-state index in [1.54, 1.807) is 30.3 Å². The molecule has 0 saturated heterocycles. The summed E-state index contributed by atoms with van der Waals surface area (Å²) in [5.41, 5.74) is 0.633. The van der Waals surface area contributed by atoms with Crippen molar-refractivity contribution in [3.05, 3.63) is 54.6 Å². The fraction of sp³-hybridized carbons (Fsp3) is 0.176. The van der Waals surface area contributed by atoms with Crippen molar-refractivity contribution in [1.82, 2.24) is 0 Å². The van der Waals surface area contributed by atoms with Gasteiger partial charge in [0.1, 0.15) is 31.1 Å². The molecule has 0 heterocycles. The van der Waals surface area contributed by atoms with Gasteiger partial charge >= 0.3 is 0 Å². The number of nitriles is 1. The Bertz CT molecular complexity index is 633. The average molecular weight is 296 g/mol. The molecule has 22 heavy (non-hydrogen) atoms. The summed E-state index contributed by atoms with van der Waals surface area (Å²) in [5.74, 6) is 1.17. The number of hydrogen-bond donors (Lipinski definition) is 1. The Kier molecular flexibility index (Phi) is 5.82. The van der Waals surface area contributed by atoms with Crippen LogP contribution in [-0.4, -0.2) is 19.1 Å². The van der Waals surface area contributed by atoms with Crippen LogP contribution in [0.2, 0.25) is 0 Å². The number of carbonyl (C=O) groups is 1. The number of para-hydroxylation sites is 1. The Balaban J connectivity index is 1.72. The third kappa shape index (κ3) is 5.17. The largest absolute Gasteiger partial charge is 0.490 e. The maximum Gasteiger partial charge on any atom is 0.238 e. The zero-order valence-corrected chi connectivity index (χ0v) is 12.0. The summed E-state index contributed by atoms with van der Waals surface area (Å²) in [4.78, 5) is 11.3. The Morgan fingerprint density at radius 2 is 1.55 bits per heavy atom. The van der Waals surface area contributed by atoms with E-state index in [1.807, 2.05) is 30.3 Å². The molecule has 2 aromatic carbocycles. The van der Waals surface area contributed by atoms with Crippen LogP contribution in [0.1, 0.15) is 6.42 Å². The highest BCUT2D eigenvalue weighted by molar-refractivity contribution is 5.92. The van der Waals surface area contributed by atoms with E-state index < -0.39 is 0 Å². The van der Waals surface area contributed by atoms with Crippen molar-refractivity contribution in [2.45, 2.75) is 6.42 Å². The maximum atomic E-state index is 11.3. The van der Waals surface area contributed by atoms with Crippen molar-refractivity contribution in [3.8, 4) is 17.6 Å². The summed E-state index contributed by atoms with van der Waals surface area (Å²) in [5, 5.41) is 11.0. The molecule has 0 bridgehead atoms. The van der Waals surface area contributed by atoms with Gasteiger partial charge in [-0.1, -0.05) is 18.2 Å². The number of ether oxygens (including phenoxy) is 2. The smallest absolute Gasteiger partial charge is 0.238 e. The SMILES string of the molecule is N#CCC(=O)Nc1ccc(OCCOc2ccccc2)cc1. The van der Waals surface area contributed by atoms with Crippen LogP contribution in [0.5, 0.6) is 11.5 Å². The monoisotopic (exact) mass is 296 g/mol. The van der Waals surface area contributed by atoms with Crippen molar-refractivity contribution in [2.75, 3.05) is 18.5 Å². The van der Waals surface area contributed by atoms with Crippen molar-refractivity contribution < 1.29 is 14.3 Å². The Labute approximate surface area is 129 Å². The molecule has 5 nitrogen and oxygen atoms in total. The first-order valence-corrected chi connectivity index (χ1v) is 6.85. The summed E-state index contributed by atoms with van der Waals surface area (Å²) < 4.78 is 11.1. The first kappa shape index (κ1) is 15.4. The molecule has 0 unspecified atom stereocenters. The summed E-state index contributed by atoms with van der Waals surface area (Å²) in [6, 6.07) is 18.3. The molecule has 0 spiro atoms. The van der Waals surface area contributed by atoms with E-state index in [-0.39, 0.29) is 12.3 Å². The van der Waals surface area contributed by atoms with Gasteiger partial charge < -0.3 is 14.8 Å². The maximum absolute atomic E-state index is 11.3. The van der Waals surface area contributed by atoms with E-state index in [2.05, 4.69) is 5.32 Å². The van der Waals surface area contributed by atoms with E-state index >= 15 is 0 Å². The molecule has 1 N–H and O–H groups in total. The van der Waals surface area contributed by atoms with Gasteiger partial charge in [0.2, 0.25) is 5.91 Å². The number of carbonyl (C=O) groups excluding carboxylic acids is 1. The van der Waals surface area contributed by atoms with Crippen LogP contribution >= 0.6 is 0 Å². The molecule has 0 fully saturated rings. The zero-order chi connectivity index (χ0) is 15.6. The predicted octanol–water partition coefficient (Wildman–Crippen LogP) is 3.00. The minimum absolute atomic E-state index is 0.158. The van der Waals surface area contributed by atoms with Gasteiger partial charge in [-0.15, -0.1) is 0 Å². The van der Waals surface area contributed by atoms with Gasteiger partial charge in [0.25, 0.3) is 0 Å². The molecule has 0 aliphatic carbocycles. The second-order valence-electron chi connectivity index (χ2n) is 4.42. The summed E-state index contributed by atoms with van der Waals surface area (Å²) in [7, 11) is 0. The molecule has 5 heteroatoms. The number of benzene rings is 2. The third-order valence-corrected chi connectivity index (χ3v) is 2.74. The zero-order valence-electron chi connectivity index (χ0n) is 12.0. The lowest BCUT2D eigenvalue weighted by Crippen LogP contribution is -2.10. The number of hydrogen-bond acceptors (Lipinski definition) is 4. The van der Waals surface area contributed by atoms with Gasteiger partial charge in [-0.2, -0.15) is 5.26 Å². The second kappa shape index (κ2) is 8.32. The Morgan fingerprint density at radius 1 is 0.955 bits per heavy atom. The fourth-order valence-corrected chi connectivity index (χ4v) is 1.75. The lowest BCUT2D eigenvalue weighted by atomic mass is 10.3. The van der Waals surface area contributed by atoms with Crippen LogP contribution < -0.4 is 14.8 Å². The van der Waals surface area contributed by atoms with E-state index in [9.17, 15) is 4.79 Å². The lowest BCUT2D eigenvalue weighted by Gasteiger charge is -2.09. The first-order chi connectivity index (χ1) is 10.8. The van der Waals surface area contributed by atoms with Gasteiger partial charge in [0, 0.05) is 5.69 Å². The first-order valence-electron chi connectivity index (χ1n) is 6.85. The molecule has 1 amide bonds. The van der Waals surface area contributed by atoms with Crippen molar-refractivity contribution in [2.24, 2.45) is 0 Å². The van der Waals surface area contributed by atoms with Gasteiger partial charge in [0.05, 0.1) is 6.07 Å². The van der Waals surface area contributed by atoms with Gasteiger partial charge in [0.15, 0.2) is 0 Å². The topological polar surface area (TPSA) is 71.4 Å². The molecule has 112 valence electrons. The fourth-order valence-electron chi connectivity index (χ4n) is 1.75. The summed E-state index contributed by atoms with van der Waals surface area (Å²) in [6.45, 7) is 0.875. The van der Waals surface area contributed by atoms with E-state index in [1.165, 1.54) is 0 Å². The van der Waals surface area contributed by atoms with Crippen LogP contribution in [0.25, 0.3) is 0 Å². The van der Waals surface area contributed by atoms with Crippen LogP contribution in [0, 0.1) is 11.3 Å². The molecule has 0 aromatic heterocycles. The van der Waals surface area contributed by atoms with Crippen LogP contribution in [0.4, 0.5) is 5.69 Å². The molecule has 0 radical (unpaired) electrons. The number of amides is 1. The summed E-state index contributed by atoms with van der Waals surface area (Å²) >= 11 is 0. The quantitative estimate of drug-likeness (QED) is 0.797. The number of nitrogens with zero attached hydrogens (tertiary/aromatic N) is 1. The number of nitrogens with one attached hydrogen (secondary N) is 1. The van der Waals surface area contributed by atoms with Crippen LogP contribution in [-0.2, 0) is 4.79 Å². The van der Waals surface area contributed by atoms with Gasteiger partial charge in [-0.05, 0) is 36.4 Å².